The van der Waals surface area contributed by atoms with Crippen LogP contribution in [0.5, 0.6) is 0 Å². The molecule has 0 radical (unpaired) electrons. The zero-order valence-corrected chi connectivity index (χ0v) is 18.5. The minimum Gasteiger partial charge on any atom is -0.345 e. The summed E-state index contributed by atoms with van der Waals surface area (Å²) in [7, 11) is -2.49. The number of rotatable bonds is 14. The molecule has 0 aliphatic rings. The van der Waals surface area contributed by atoms with Crippen molar-refractivity contribution < 1.29 is 0 Å². The molecule has 0 fully saturated rings. The molecule has 0 amide bonds. The largest absolute Gasteiger partial charge is 0.345 e. The number of hydrogen-bond donors (Lipinski definition) is 1. The van der Waals surface area contributed by atoms with E-state index < -0.39 is 16.5 Å². The van der Waals surface area contributed by atoms with Gasteiger partial charge in [0.25, 0.3) is 0 Å². The van der Waals surface area contributed by atoms with Gasteiger partial charge in [-0.25, -0.2) is 0 Å². The molecule has 4 heteroatoms. The normalized spacial score (nSPS) is 13.1. The standard InChI is InChI=1S/C18H44N2Si2/c1-7-21(8-2,9-3)20(18-16-14-13-15-17-19)22(10-4,11-5)12-6/h7-19H2,1-6H3. The summed E-state index contributed by atoms with van der Waals surface area (Å²) in [6.45, 7) is 17.1. The SMILES string of the molecule is CC[Si](CC)(CC)N(CCCCCCN)[Si](CC)(CC)CC. The van der Waals surface area contributed by atoms with Crippen LogP contribution >= 0.6 is 0 Å². The first-order chi connectivity index (χ1) is 10.6. The maximum atomic E-state index is 5.64. The van der Waals surface area contributed by atoms with E-state index in [9.17, 15) is 0 Å². The molecular formula is C18H44N2Si2. The second-order valence-electron chi connectivity index (χ2n) is 6.92. The van der Waals surface area contributed by atoms with Crippen molar-refractivity contribution in [2.75, 3.05) is 13.1 Å². The van der Waals surface area contributed by atoms with Crippen molar-refractivity contribution in [3.8, 4) is 0 Å². The molecule has 0 spiro atoms. The van der Waals surface area contributed by atoms with Gasteiger partial charge in [0, 0.05) is 0 Å². The highest BCUT2D eigenvalue weighted by atomic mass is 28.4. The van der Waals surface area contributed by atoms with E-state index >= 15 is 0 Å². The van der Waals surface area contributed by atoms with Gasteiger partial charge in [-0.15, -0.1) is 0 Å². The van der Waals surface area contributed by atoms with E-state index in [2.05, 4.69) is 45.8 Å². The Morgan fingerprint density at radius 3 is 1.27 bits per heavy atom. The Morgan fingerprint density at radius 1 is 0.591 bits per heavy atom. The van der Waals surface area contributed by atoms with Gasteiger partial charge in [-0.05, 0) is 62.2 Å². The highest BCUT2D eigenvalue weighted by molar-refractivity contribution is 6.92. The zero-order chi connectivity index (χ0) is 17.1. The lowest BCUT2D eigenvalue weighted by Crippen LogP contribution is -2.66. The Kier molecular flexibility index (Phi) is 12.0. The molecule has 0 unspecified atom stereocenters. The van der Waals surface area contributed by atoms with Crippen LogP contribution in [-0.4, -0.2) is 33.8 Å². The highest BCUT2D eigenvalue weighted by Gasteiger charge is 2.45. The van der Waals surface area contributed by atoms with Crippen LogP contribution in [0.25, 0.3) is 0 Å². The fourth-order valence-corrected chi connectivity index (χ4v) is 17.8. The molecule has 2 nitrogen and oxygen atoms in total. The van der Waals surface area contributed by atoms with E-state index in [0.717, 1.165) is 6.54 Å². The first-order valence-corrected chi connectivity index (χ1v) is 15.2. The molecule has 0 bridgehead atoms. The van der Waals surface area contributed by atoms with Crippen molar-refractivity contribution in [1.29, 1.82) is 0 Å². The van der Waals surface area contributed by atoms with Crippen molar-refractivity contribution in [2.45, 2.75) is 103 Å². The van der Waals surface area contributed by atoms with Crippen LogP contribution in [0.4, 0.5) is 0 Å². The molecular weight excluding hydrogens is 300 g/mol. The fraction of sp³-hybridized carbons (Fsp3) is 1.00. The molecule has 134 valence electrons. The lowest BCUT2D eigenvalue weighted by molar-refractivity contribution is 0.521. The smallest absolute Gasteiger partial charge is 0.120 e. The quantitative estimate of drug-likeness (QED) is 0.318. The average Bonchev–Trinajstić information content (AvgIpc) is 2.57. The van der Waals surface area contributed by atoms with Gasteiger partial charge < -0.3 is 9.96 Å². The molecule has 0 aromatic carbocycles. The molecule has 0 rings (SSSR count). The second-order valence-corrected chi connectivity index (χ2v) is 17.6. The highest BCUT2D eigenvalue weighted by Crippen LogP contribution is 2.36. The van der Waals surface area contributed by atoms with Gasteiger partial charge in [0.15, 0.2) is 0 Å². The lowest BCUT2D eigenvalue weighted by atomic mass is 10.2. The van der Waals surface area contributed by atoms with E-state index in [1.807, 2.05) is 0 Å². The summed E-state index contributed by atoms with van der Waals surface area (Å²) in [6.07, 6.45) is 5.29. The minimum absolute atomic E-state index is 0.860. The molecule has 0 aromatic rings. The maximum absolute atomic E-state index is 5.64. The Balaban J connectivity index is 5.20. The van der Waals surface area contributed by atoms with Crippen LogP contribution in [0.15, 0.2) is 0 Å². The molecule has 0 saturated heterocycles. The third kappa shape index (κ3) is 5.46. The molecule has 0 aromatic heterocycles. The second kappa shape index (κ2) is 11.8. The summed E-state index contributed by atoms with van der Waals surface area (Å²) in [5.41, 5.74) is 5.64. The summed E-state index contributed by atoms with van der Waals surface area (Å²) in [4.78, 5) is 0. The monoisotopic (exact) mass is 344 g/mol. The average molecular weight is 345 g/mol. The van der Waals surface area contributed by atoms with E-state index in [-0.39, 0.29) is 0 Å². The van der Waals surface area contributed by atoms with Crippen LogP contribution in [0.2, 0.25) is 36.3 Å². The first kappa shape index (κ1) is 22.4. The van der Waals surface area contributed by atoms with E-state index in [0.29, 0.717) is 0 Å². The topological polar surface area (TPSA) is 29.3 Å². The molecule has 0 aliphatic carbocycles. The third-order valence-corrected chi connectivity index (χ3v) is 19.9. The van der Waals surface area contributed by atoms with Crippen LogP contribution in [0, 0.1) is 0 Å². The van der Waals surface area contributed by atoms with Gasteiger partial charge in [0.2, 0.25) is 0 Å². The van der Waals surface area contributed by atoms with Gasteiger partial charge in [-0.1, -0.05) is 54.4 Å². The van der Waals surface area contributed by atoms with Gasteiger partial charge in [0.1, 0.15) is 16.5 Å². The third-order valence-electron chi connectivity index (χ3n) is 6.43. The number of hydrogen-bond acceptors (Lipinski definition) is 2. The van der Waals surface area contributed by atoms with Crippen LogP contribution in [-0.2, 0) is 0 Å². The van der Waals surface area contributed by atoms with Gasteiger partial charge in [0.05, 0.1) is 0 Å². The molecule has 2 N–H and O–H groups in total. The number of unbranched alkanes of at least 4 members (excludes halogenated alkanes) is 3. The van der Waals surface area contributed by atoms with Crippen molar-refractivity contribution in [2.24, 2.45) is 5.73 Å². The number of nitrogens with zero attached hydrogens (tertiary/aromatic N) is 1. The summed E-state index contributed by atoms with van der Waals surface area (Å²) in [5.74, 6) is 0. The molecule has 0 heterocycles. The maximum Gasteiger partial charge on any atom is 0.120 e. The summed E-state index contributed by atoms with van der Waals surface area (Å²) >= 11 is 0. The summed E-state index contributed by atoms with van der Waals surface area (Å²) in [5, 5.41) is 0. The predicted molar refractivity (Wildman–Crippen MR) is 109 cm³/mol. The Labute approximate surface area is 143 Å². The molecule has 0 atom stereocenters. The van der Waals surface area contributed by atoms with Crippen molar-refractivity contribution in [3.05, 3.63) is 0 Å². The van der Waals surface area contributed by atoms with Gasteiger partial charge in [-0.2, -0.15) is 0 Å². The van der Waals surface area contributed by atoms with Crippen molar-refractivity contribution >= 4 is 16.5 Å². The lowest BCUT2D eigenvalue weighted by Gasteiger charge is -2.52. The van der Waals surface area contributed by atoms with E-state index in [1.54, 1.807) is 0 Å². The van der Waals surface area contributed by atoms with Crippen molar-refractivity contribution in [3.63, 3.8) is 0 Å². The van der Waals surface area contributed by atoms with Gasteiger partial charge >= 0.3 is 0 Å². The Hall–Kier alpha value is 0.354. The van der Waals surface area contributed by atoms with Gasteiger partial charge in [-0.3, -0.25) is 0 Å². The molecule has 22 heavy (non-hydrogen) atoms. The van der Waals surface area contributed by atoms with E-state index in [1.165, 1.54) is 68.5 Å². The summed E-state index contributed by atoms with van der Waals surface area (Å²) < 4.78 is 3.21. The zero-order valence-electron chi connectivity index (χ0n) is 16.5. The molecule has 0 saturated carbocycles. The minimum atomic E-state index is -1.24. The van der Waals surface area contributed by atoms with Crippen molar-refractivity contribution in [1.82, 2.24) is 4.23 Å². The summed E-state index contributed by atoms with van der Waals surface area (Å²) in [6, 6.07) is 8.65. The Morgan fingerprint density at radius 2 is 0.955 bits per heavy atom. The Bertz CT molecular complexity index is 227. The first-order valence-electron chi connectivity index (χ1n) is 10.0. The fourth-order valence-electron chi connectivity index (χ4n) is 4.39. The molecule has 0 aliphatic heterocycles. The van der Waals surface area contributed by atoms with Crippen LogP contribution in [0.1, 0.15) is 67.2 Å². The van der Waals surface area contributed by atoms with E-state index in [4.69, 9.17) is 5.73 Å². The predicted octanol–water partition coefficient (Wildman–Crippen LogP) is 5.82. The van der Waals surface area contributed by atoms with Crippen LogP contribution < -0.4 is 5.73 Å². The number of nitrogens with two attached hydrogens (primary N) is 1. The van der Waals surface area contributed by atoms with Crippen LogP contribution in [0.3, 0.4) is 0 Å².